The first-order valence-electron chi connectivity index (χ1n) is 12.6. The number of nitrogens with one attached hydrogen (secondary N) is 1. The lowest BCUT2D eigenvalue weighted by Crippen LogP contribution is -2.14. The van der Waals surface area contributed by atoms with Crippen LogP contribution < -0.4 is 14.8 Å². The molecule has 0 unspecified atom stereocenters. The minimum atomic E-state index is -0.141. The van der Waals surface area contributed by atoms with Crippen molar-refractivity contribution in [1.29, 1.82) is 5.26 Å². The zero-order valence-electron chi connectivity index (χ0n) is 21.4. The monoisotopic (exact) mass is 647 g/mol. The van der Waals surface area contributed by atoms with Crippen LogP contribution in [0.1, 0.15) is 50.3 Å². The summed E-state index contributed by atoms with van der Waals surface area (Å²) in [5, 5.41) is 13.2. The van der Waals surface area contributed by atoms with Crippen molar-refractivity contribution < 1.29 is 14.3 Å². The van der Waals surface area contributed by atoms with Crippen LogP contribution in [0.15, 0.2) is 71.7 Å². The van der Waals surface area contributed by atoms with Gasteiger partial charge in [-0.15, -0.1) is 11.3 Å². The van der Waals surface area contributed by atoms with Crippen molar-refractivity contribution in [3.05, 3.63) is 103 Å². The summed E-state index contributed by atoms with van der Waals surface area (Å²) in [6.45, 7) is 0.208. The van der Waals surface area contributed by atoms with Crippen molar-refractivity contribution in [3.8, 4) is 17.6 Å². The number of para-hydroxylation sites is 1. The van der Waals surface area contributed by atoms with Crippen LogP contribution in [-0.2, 0) is 19.4 Å². The number of halogens is 1. The lowest BCUT2D eigenvalue weighted by atomic mass is 9.95. The number of carbonyl (C=O) groups is 1. The second-order valence-electron chi connectivity index (χ2n) is 9.05. The molecule has 0 saturated carbocycles. The molecule has 3 aromatic carbocycles. The van der Waals surface area contributed by atoms with Crippen LogP contribution in [0.5, 0.6) is 11.5 Å². The number of ether oxygens (including phenoxy) is 2. The lowest BCUT2D eigenvalue weighted by molar-refractivity contribution is 0.102. The van der Waals surface area contributed by atoms with Crippen molar-refractivity contribution >= 4 is 56.7 Å². The van der Waals surface area contributed by atoms with Gasteiger partial charge in [0.15, 0.2) is 11.5 Å². The van der Waals surface area contributed by atoms with Gasteiger partial charge in [0.1, 0.15) is 11.6 Å². The number of aryl methyl sites for hydroxylation is 1. The van der Waals surface area contributed by atoms with E-state index in [0.29, 0.717) is 27.6 Å². The highest BCUT2D eigenvalue weighted by Crippen LogP contribution is 2.41. The summed E-state index contributed by atoms with van der Waals surface area (Å²) in [5.41, 5.74) is 4.59. The number of methoxy groups -OCH3 is 1. The van der Waals surface area contributed by atoms with Crippen molar-refractivity contribution in [2.24, 2.45) is 4.99 Å². The molecule has 1 N–H and O–H groups in total. The molecule has 0 atom stereocenters. The van der Waals surface area contributed by atoms with E-state index in [2.05, 4.69) is 34.0 Å². The van der Waals surface area contributed by atoms with Gasteiger partial charge in [-0.1, -0.05) is 36.4 Å². The van der Waals surface area contributed by atoms with E-state index in [4.69, 9.17) is 14.5 Å². The first-order valence-corrected chi connectivity index (χ1v) is 14.5. The Morgan fingerprint density at radius 3 is 2.69 bits per heavy atom. The fourth-order valence-corrected chi connectivity index (χ4v) is 6.46. The predicted octanol–water partition coefficient (Wildman–Crippen LogP) is 7.69. The molecule has 196 valence electrons. The molecule has 0 saturated heterocycles. The molecule has 0 bridgehead atoms. The Morgan fingerprint density at radius 1 is 1.13 bits per heavy atom. The van der Waals surface area contributed by atoms with Crippen LogP contribution in [0.4, 0.5) is 10.7 Å². The summed E-state index contributed by atoms with van der Waals surface area (Å²) in [7, 11) is 1.60. The number of amides is 1. The molecule has 1 aromatic heterocycles. The van der Waals surface area contributed by atoms with Crippen LogP contribution in [-0.4, -0.2) is 19.2 Å². The number of fused-ring (bicyclic) bond motifs is 1. The van der Waals surface area contributed by atoms with Crippen molar-refractivity contribution in [2.45, 2.75) is 32.3 Å². The minimum Gasteiger partial charge on any atom is -0.493 e. The number of nitriles is 1. The Labute approximate surface area is 245 Å². The minimum absolute atomic E-state index is 0.141. The van der Waals surface area contributed by atoms with Crippen LogP contribution in [0.25, 0.3) is 0 Å². The average Bonchev–Trinajstić information content (AvgIpc) is 3.34. The lowest BCUT2D eigenvalue weighted by Gasteiger charge is -2.15. The first kappa shape index (κ1) is 26.9. The number of rotatable bonds is 8. The standard InChI is InChI=1S/C31H26IN3O3S/c1-37-26-16-23(32)15-22(29(26)38-19-21-10-6-5-9-20(21)17-33)18-34-31-28(25-13-7-8-14-27(25)39-31)30(36)35-24-11-3-2-4-12-24/h2-6,9-12,15-16,18H,7-8,13-14,19H2,1H3,(H,35,36). The molecular weight excluding hydrogens is 621 g/mol. The number of benzene rings is 3. The molecule has 6 nitrogen and oxygen atoms in total. The molecule has 4 aromatic rings. The van der Waals surface area contributed by atoms with Crippen LogP contribution in [0.3, 0.4) is 0 Å². The number of aliphatic imine (C=N–C) groups is 1. The maximum atomic E-state index is 13.5. The average molecular weight is 648 g/mol. The zero-order valence-corrected chi connectivity index (χ0v) is 24.3. The van der Waals surface area contributed by atoms with E-state index in [0.717, 1.165) is 51.6 Å². The largest absolute Gasteiger partial charge is 0.493 e. The normalized spacial score (nSPS) is 12.5. The molecule has 0 radical (unpaired) electrons. The van der Waals surface area contributed by atoms with Crippen molar-refractivity contribution in [1.82, 2.24) is 0 Å². The molecule has 0 fully saturated rings. The van der Waals surface area contributed by atoms with Gasteiger partial charge in [-0.3, -0.25) is 4.79 Å². The third-order valence-corrected chi connectivity index (χ3v) is 8.33. The molecule has 8 heteroatoms. The summed E-state index contributed by atoms with van der Waals surface area (Å²) in [5.74, 6) is 0.967. The van der Waals surface area contributed by atoms with E-state index in [1.54, 1.807) is 30.7 Å². The molecule has 1 heterocycles. The summed E-state index contributed by atoms with van der Waals surface area (Å²) in [6, 6.07) is 22.9. The second kappa shape index (κ2) is 12.5. The van der Waals surface area contributed by atoms with E-state index in [-0.39, 0.29) is 12.5 Å². The number of anilines is 1. The maximum Gasteiger partial charge on any atom is 0.259 e. The third-order valence-electron chi connectivity index (χ3n) is 6.51. The zero-order chi connectivity index (χ0) is 27.2. The van der Waals surface area contributed by atoms with Crippen LogP contribution >= 0.6 is 33.9 Å². The molecule has 1 aliphatic carbocycles. The van der Waals surface area contributed by atoms with Gasteiger partial charge in [-0.25, -0.2) is 4.99 Å². The quantitative estimate of drug-likeness (QED) is 0.157. The van der Waals surface area contributed by atoms with Gasteiger partial charge < -0.3 is 14.8 Å². The first-order chi connectivity index (χ1) is 19.1. The van der Waals surface area contributed by atoms with Crippen LogP contribution in [0.2, 0.25) is 0 Å². The van der Waals surface area contributed by atoms with E-state index in [9.17, 15) is 10.1 Å². The van der Waals surface area contributed by atoms with E-state index < -0.39 is 0 Å². The third kappa shape index (κ3) is 6.15. The highest BCUT2D eigenvalue weighted by atomic mass is 127. The summed E-state index contributed by atoms with van der Waals surface area (Å²) in [6.07, 6.45) is 5.77. The Kier molecular flexibility index (Phi) is 8.59. The Balaban J connectivity index is 1.50. The molecular formula is C31H26IN3O3S. The van der Waals surface area contributed by atoms with Gasteiger partial charge in [0.05, 0.1) is 24.3 Å². The number of thiophene rings is 1. The Morgan fingerprint density at radius 2 is 1.90 bits per heavy atom. The molecule has 1 amide bonds. The number of nitrogens with zero attached hydrogens (tertiary/aromatic N) is 2. The Hall–Kier alpha value is -3.68. The molecule has 5 rings (SSSR count). The van der Waals surface area contributed by atoms with E-state index >= 15 is 0 Å². The Bertz CT molecular complexity index is 1570. The molecule has 0 spiro atoms. The summed E-state index contributed by atoms with van der Waals surface area (Å²) in [4.78, 5) is 19.6. The van der Waals surface area contributed by atoms with Gasteiger partial charge in [0.25, 0.3) is 5.91 Å². The highest BCUT2D eigenvalue weighted by Gasteiger charge is 2.25. The fraction of sp³-hybridized carbons (Fsp3) is 0.194. The highest BCUT2D eigenvalue weighted by molar-refractivity contribution is 14.1. The van der Waals surface area contributed by atoms with Gasteiger partial charge in [-0.05, 0) is 84.2 Å². The smallest absolute Gasteiger partial charge is 0.259 e. The summed E-state index contributed by atoms with van der Waals surface area (Å²) < 4.78 is 12.8. The van der Waals surface area contributed by atoms with E-state index in [1.165, 1.54) is 4.88 Å². The van der Waals surface area contributed by atoms with Gasteiger partial charge in [0, 0.05) is 31.5 Å². The van der Waals surface area contributed by atoms with E-state index in [1.807, 2.05) is 60.7 Å². The second-order valence-corrected chi connectivity index (χ2v) is 11.4. The summed E-state index contributed by atoms with van der Waals surface area (Å²) >= 11 is 3.82. The van der Waals surface area contributed by atoms with Crippen LogP contribution in [0, 0.1) is 14.9 Å². The van der Waals surface area contributed by atoms with Gasteiger partial charge in [0.2, 0.25) is 0 Å². The van der Waals surface area contributed by atoms with Crippen molar-refractivity contribution in [2.75, 3.05) is 12.4 Å². The predicted molar refractivity (Wildman–Crippen MR) is 164 cm³/mol. The number of carbonyl (C=O) groups excluding carboxylic acids is 1. The van der Waals surface area contributed by atoms with Gasteiger partial charge >= 0.3 is 0 Å². The SMILES string of the molecule is COc1cc(I)cc(C=Nc2sc3c(c2C(=O)Nc2ccccc2)CCCC3)c1OCc1ccccc1C#N. The molecule has 39 heavy (non-hydrogen) atoms. The molecule has 0 aliphatic heterocycles. The number of hydrogen-bond acceptors (Lipinski definition) is 6. The van der Waals surface area contributed by atoms with Gasteiger partial charge in [-0.2, -0.15) is 5.26 Å². The van der Waals surface area contributed by atoms with Crippen molar-refractivity contribution in [3.63, 3.8) is 0 Å². The topological polar surface area (TPSA) is 83.7 Å². The number of hydrogen-bond donors (Lipinski definition) is 1. The molecule has 1 aliphatic rings. The fourth-order valence-electron chi connectivity index (χ4n) is 4.62. The maximum absolute atomic E-state index is 13.5.